The van der Waals surface area contributed by atoms with Crippen molar-refractivity contribution in [1.29, 1.82) is 0 Å². The monoisotopic (exact) mass is 304 g/mol. The average molecular weight is 304 g/mol. The molecule has 0 saturated heterocycles. The number of ether oxygens (including phenoxy) is 1. The average Bonchev–Trinajstić information content (AvgIpc) is 2.35. The largest absolute Gasteiger partial charge is 0.379 e. The van der Waals surface area contributed by atoms with E-state index in [4.69, 9.17) is 4.74 Å². The maximum atomic E-state index is 10.9. The van der Waals surface area contributed by atoms with Crippen molar-refractivity contribution in [2.45, 2.75) is 6.42 Å². The van der Waals surface area contributed by atoms with Gasteiger partial charge in [0.05, 0.1) is 13.2 Å². The highest BCUT2D eigenvalue weighted by atomic mass is 16.5. The van der Waals surface area contributed by atoms with E-state index in [0.717, 1.165) is 32.8 Å². The summed E-state index contributed by atoms with van der Waals surface area (Å²) in [5, 5.41) is 0. The molecule has 0 aromatic rings. The van der Waals surface area contributed by atoms with E-state index in [1.54, 1.807) is 19.0 Å². The molecular formula is C15H36N4O2. The third-order valence-corrected chi connectivity index (χ3v) is 2.64. The van der Waals surface area contributed by atoms with E-state index in [2.05, 4.69) is 38.0 Å². The molecule has 0 heterocycles. The van der Waals surface area contributed by atoms with Crippen LogP contribution in [0.2, 0.25) is 0 Å². The van der Waals surface area contributed by atoms with Gasteiger partial charge >= 0.3 is 0 Å². The standard InChI is InChI=1S/C8H20N2O.C7H16N2O/c1-9(2)5-7-11-8-6-10(3)4;1-8(2)6-5-7(10)9(3)4/h5-8H2,1-4H3;5-6H2,1-4H3. The number of likely N-dealkylation sites (N-methyl/N-ethyl adjacent to an activating group) is 2. The lowest BCUT2D eigenvalue weighted by molar-refractivity contribution is -0.128. The number of nitrogens with zero attached hydrogens (tertiary/aromatic N) is 4. The molecule has 0 aliphatic carbocycles. The molecule has 0 radical (unpaired) electrons. The van der Waals surface area contributed by atoms with Crippen LogP contribution in [0.1, 0.15) is 6.42 Å². The zero-order valence-electron chi connectivity index (χ0n) is 15.3. The summed E-state index contributed by atoms with van der Waals surface area (Å²) in [5.74, 6) is 0.189. The zero-order chi connectivity index (χ0) is 16.8. The Morgan fingerprint density at radius 2 is 1.10 bits per heavy atom. The van der Waals surface area contributed by atoms with Crippen molar-refractivity contribution in [2.75, 3.05) is 89.2 Å². The topological polar surface area (TPSA) is 39.3 Å². The predicted molar refractivity (Wildman–Crippen MR) is 89.8 cm³/mol. The van der Waals surface area contributed by atoms with Crippen LogP contribution in [-0.4, -0.2) is 115 Å². The van der Waals surface area contributed by atoms with Gasteiger partial charge in [-0.2, -0.15) is 0 Å². The number of rotatable bonds is 9. The Hall–Kier alpha value is -0.690. The fraction of sp³-hybridized carbons (Fsp3) is 0.933. The molecule has 0 spiro atoms. The van der Waals surface area contributed by atoms with Crippen LogP contribution in [0.15, 0.2) is 0 Å². The molecular weight excluding hydrogens is 268 g/mol. The van der Waals surface area contributed by atoms with E-state index in [9.17, 15) is 4.79 Å². The van der Waals surface area contributed by atoms with Crippen LogP contribution < -0.4 is 0 Å². The molecule has 6 nitrogen and oxygen atoms in total. The van der Waals surface area contributed by atoms with Crippen molar-refractivity contribution < 1.29 is 9.53 Å². The van der Waals surface area contributed by atoms with E-state index in [1.165, 1.54) is 0 Å². The van der Waals surface area contributed by atoms with Gasteiger partial charge in [-0.3, -0.25) is 4.79 Å². The summed E-state index contributed by atoms with van der Waals surface area (Å²) in [5.41, 5.74) is 0. The molecule has 0 saturated carbocycles. The second kappa shape index (κ2) is 14.3. The quantitative estimate of drug-likeness (QED) is 0.567. The predicted octanol–water partition coefficient (Wildman–Crippen LogP) is 0.153. The third-order valence-electron chi connectivity index (χ3n) is 2.64. The van der Waals surface area contributed by atoms with Gasteiger partial charge in [0.25, 0.3) is 0 Å². The zero-order valence-corrected chi connectivity index (χ0v) is 15.3. The molecule has 0 aromatic heterocycles. The first-order valence-corrected chi connectivity index (χ1v) is 7.39. The van der Waals surface area contributed by atoms with E-state index < -0.39 is 0 Å². The lowest BCUT2D eigenvalue weighted by Crippen LogP contribution is -2.26. The molecule has 0 aliphatic rings. The van der Waals surface area contributed by atoms with Gasteiger partial charge in [-0.1, -0.05) is 0 Å². The molecule has 0 N–H and O–H groups in total. The van der Waals surface area contributed by atoms with E-state index >= 15 is 0 Å². The molecule has 0 aromatic carbocycles. The van der Waals surface area contributed by atoms with Crippen molar-refractivity contribution >= 4 is 5.91 Å². The minimum Gasteiger partial charge on any atom is -0.379 e. The second-order valence-corrected chi connectivity index (χ2v) is 6.06. The number of hydrogen-bond acceptors (Lipinski definition) is 5. The number of carbonyl (C=O) groups excluding carboxylic acids is 1. The summed E-state index contributed by atoms with van der Waals surface area (Å²) in [7, 11) is 15.7. The summed E-state index contributed by atoms with van der Waals surface area (Å²) < 4.78 is 5.37. The van der Waals surface area contributed by atoms with Crippen molar-refractivity contribution in [3.8, 4) is 0 Å². The highest BCUT2D eigenvalue weighted by Crippen LogP contribution is 1.87. The summed E-state index contributed by atoms with van der Waals surface area (Å²) in [4.78, 5) is 18.8. The lowest BCUT2D eigenvalue weighted by atomic mass is 10.4. The fourth-order valence-corrected chi connectivity index (χ4v) is 1.14. The Kier molecular flexibility index (Phi) is 15.3. The van der Waals surface area contributed by atoms with Gasteiger partial charge in [0.1, 0.15) is 0 Å². The molecule has 0 rings (SSSR count). The highest BCUT2D eigenvalue weighted by Gasteiger charge is 2.02. The lowest BCUT2D eigenvalue weighted by Gasteiger charge is -2.12. The first-order valence-electron chi connectivity index (χ1n) is 7.39. The van der Waals surface area contributed by atoms with Crippen molar-refractivity contribution in [3.63, 3.8) is 0 Å². The van der Waals surface area contributed by atoms with E-state index in [1.807, 2.05) is 19.0 Å². The smallest absolute Gasteiger partial charge is 0.223 e. The van der Waals surface area contributed by atoms with Crippen LogP contribution in [-0.2, 0) is 9.53 Å². The number of amides is 1. The second-order valence-electron chi connectivity index (χ2n) is 6.06. The summed E-state index contributed by atoms with van der Waals surface area (Å²) in [6, 6.07) is 0. The fourth-order valence-electron chi connectivity index (χ4n) is 1.14. The molecule has 0 bridgehead atoms. The summed E-state index contributed by atoms with van der Waals surface area (Å²) in [6.07, 6.45) is 0.611. The van der Waals surface area contributed by atoms with Crippen LogP contribution in [0.5, 0.6) is 0 Å². The van der Waals surface area contributed by atoms with Gasteiger partial charge in [-0.05, 0) is 42.3 Å². The SMILES string of the molecule is CN(C)CCC(=O)N(C)C.CN(C)CCOCCN(C)C. The Morgan fingerprint density at radius 1 is 0.714 bits per heavy atom. The van der Waals surface area contributed by atoms with Crippen molar-refractivity contribution in [1.82, 2.24) is 19.6 Å². The van der Waals surface area contributed by atoms with Gasteiger partial charge in [0.15, 0.2) is 0 Å². The van der Waals surface area contributed by atoms with E-state index in [0.29, 0.717) is 6.42 Å². The van der Waals surface area contributed by atoms with Crippen LogP contribution >= 0.6 is 0 Å². The Balaban J connectivity index is 0. The molecule has 6 heteroatoms. The van der Waals surface area contributed by atoms with Gasteiger partial charge < -0.3 is 24.3 Å². The molecule has 0 atom stereocenters. The summed E-state index contributed by atoms with van der Waals surface area (Å²) >= 11 is 0. The molecule has 0 fully saturated rings. The summed E-state index contributed by atoms with van der Waals surface area (Å²) in [6.45, 7) is 4.51. The molecule has 21 heavy (non-hydrogen) atoms. The number of carbonyl (C=O) groups is 1. The van der Waals surface area contributed by atoms with E-state index in [-0.39, 0.29) is 5.91 Å². The van der Waals surface area contributed by atoms with Crippen LogP contribution in [0.25, 0.3) is 0 Å². The van der Waals surface area contributed by atoms with Gasteiger partial charge in [-0.25, -0.2) is 0 Å². The molecule has 1 amide bonds. The molecule has 0 aliphatic heterocycles. The van der Waals surface area contributed by atoms with Crippen molar-refractivity contribution in [3.05, 3.63) is 0 Å². The minimum absolute atomic E-state index is 0.189. The molecule has 0 unspecified atom stereocenters. The molecule has 128 valence electrons. The normalized spacial score (nSPS) is 10.8. The number of hydrogen-bond donors (Lipinski definition) is 0. The Labute approximate surface area is 131 Å². The van der Waals surface area contributed by atoms with Gasteiger partial charge in [-0.15, -0.1) is 0 Å². The maximum Gasteiger partial charge on any atom is 0.223 e. The Bertz CT molecular complexity index is 234. The first-order chi connectivity index (χ1) is 9.66. The third kappa shape index (κ3) is 21.8. The maximum absolute atomic E-state index is 10.9. The van der Waals surface area contributed by atoms with Crippen LogP contribution in [0.4, 0.5) is 0 Å². The first kappa shape index (κ1) is 22.6. The highest BCUT2D eigenvalue weighted by molar-refractivity contribution is 5.75. The van der Waals surface area contributed by atoms with Crippen LogP contribution in [0.3, 0.4) is 0 Å². The van der Waals surface area contributed by atoms with Crippen LogP contribution in [0, 0.1) is 0 Å². The van der Waals surface area contributed by atoms with Gasteiger partial charge in [0, 0.05) is 40.2 Å². The van der Waals surface area contributed by atoms with Crippen molar-refractivity contribution in [2.24, 2.45) is 0 Å². The minimum atomic E-state index is 0.189. The van der Waals surface area contributed by atoms with Gasteiger partial charge in [0.2, 0.25) is 5.91 Å². The Morgan fingerprint density at radius 3 is 1.38 bits per heavy atom.